The van der Waals surface area contributed by atoms with E-state index in [1.54, 1.807) is 6.20 Å². The Morgan fingerprint density at radius 3 is 2.94 bits per heavy atom. The average molecular weight is 231 g/mol. The first-order valence-corrected chi connectivity index (χ1v) is 5.77. The Labute approximate surface area is 102 Å². The molecule has 1 saturated heterocycles. The first-order chi connectivity index (χ1) is 8.06. The maximum atomic E-state index is 9.25. The smallest absolute Gasteiger partial charge is 0.147 e. The van der Waals surface area contributed by atoms with E-state index in [1.165, 1.54) is 0 Å². The summed E-state index contributed by atoms with van der Waals surface area (Å²) < 4.78 is 5.49. The molecule has 0 N–H and O–H groups in total. The Balaban J connectivity index is 2.46. The van der Waals surface area contributed by atoms with Crippen LogP contribution in [0, 0.1) is 18.3 Å². The maximum absolute atomic E-state index is 9.25. The highest BCUT2D eigenvalue weighted by Gasteiger charge is 2.33. The van der Waals surface area contributed by atoms with Crippen LogP contribution in [0.15, 0.2) is 12.3 Å². The van der Waals surface area contributed by atoms with E-state index in [-0.39, 0.29) is 5.54 Å². The van der Waals surface area contributed by atoms with Gasteiger partial charge in [0.1, 0.15) is 11.9 Å². The van der Waals surface area contributed by atoms with E-state index < -0.39 is 0 Å². The fourth-order valence-electron chi connectivity index (χ4n) is 2.14. The molecule has 0 aromatic carbocycles. The van der Waals surface area contributed by atoms with Crippen LogP contribution in [0.5, 0.6) is 0 Å². The van der Waals surface area contributed by atoms with Gasteiger partial charge in [-0.2, -0.15) is 5.26 Å². The van der Waals surface area contributed by atoms with E-state index in [0.29, 0.717) is 18.8 Å². The molecule has 17 heavy (non-hydrogen) atoms. The van der Waals surface area contributed by atoms with E-state index in [1.807, 2.05) is 13.0 Å². The number of hydrogen-bond acceptors (Lipinski definition) is 4. The summed E-state index contributed by atoms with van der Waals surface area (Å²) in [5.74, 6) is 0.779. The van der Waals surface area contributed by atoms with Gasteiger partial charge in [0.2, 0.25) is 0 Å². The van der Waals surface area contributed by atoms with Gasteiger partial charge in [-0.25, -0.2) is 4.98 Å². The Morgan fingerprint density at radius 1 is 1.53 bits per heavy atom. The lowest BCUT2D eigenvalue weighted by molar-refractivity contribution is 0.0639. The Kier molecular flexibility index (Phi) is 3.03. The Hall–Kier alpha value is -1.60. The van der Waals surface area contributed by atoms with Crippen molar-refractivity contribution < 1.29 is 4.74 Å². The van der Waals surface area contributed by atoms with Crippen molar-refractivity contribution in [2.24, 2.45) is 0 Å². The molecule has 0 bridgehead atoms. The van der Waals surface area contributed by atoms with Crippen molar-refractivity contribution in [2.75, 3.05) is 24.7 Å². The van der Waals surface area contributed by atoms with Crippen LogP contribution < -0.4 is 4.90 Å². The van der Waals surface area contributed by atoms with Gasteiger partial charge in [-0.1, -0.05) is 0 Å². The Morgan fingerprint density at radius 2 is 2.29 bits per heavy atom. The third-order valence-electron chi connectivity index (χ3n) is 3.15. The number of ether oxygens (including phenoxy) is 1. The summed E-state index contributed by atoms with van der Waals surface area (Å²) in [4.78, 5) is 6.55. The third kappa shape index (κ3) is 2.11. The van der Waals surface area contributed by atoms with Crippen LogP contribution in [0.25, 0.3) is 0 Å². The van der Waals surface area contributed by atoms with Crippen LogP contribution in [0.1, 0.15) is 25.0 Å². The summed E-state index contributed by atoms with van der Waals surface area (Å²) in [5.41, 5.74) is 1.52. The Bertz CT molecular complexity index is 462. The molecule has 1 aromatic heterocycles. The third-order valence-corrected chi connectivity index (χ3v) is 3.15. The monoisotopic (exact) mass is 231 g/mol. The fraction of sp³-hybridized carbons (Fsp3) is 0.538. The van der Waals surface area contributed by atoms with Crippen molar-refractivity contribution in [3.8, 4) is 6.07 Å². The highest BCUT2D eigenvalue weighted by molar-refractivity contribution is 5.58. The normalized spacial score (nSPS) is 18.8. The largest absolute Gasteiger partial charge is 0.377 e. The van der Waals surface area contributed by atoms with Gasteiger partial charge in [0.05, 0.1) is 24.3 Å². The highest BCUT2D eigenvalue weighted by Crippen LogP contribution is 2.28. The SMILES string of the molecule is Cc1ccnc(N2CCOCC2(C)C)c1C#N. The number of pyridine rings is 1. The summed E-state index contributed by atoms with van der Waals surface area (Å²) in [7, 11) is 0. The van der Waals surface area contributed by atoms with Gasteiger partial charge < -0.3 is 9.64 Å². The summed E-state index contributed by atoms with van der Waals surface area (Å²) in [6.07, 6.45) is 1.76. The van der Waals surface area contributed by atoms with Crippen LogP contribution >= 0.6 is 0 Å². The van der Waals surface area contributed by atoms with Crippen molar-refractivity contribution in [1.29, 1.82) is 5.26 Å². The van der Waals surface area contributed by atoms with Gasteiger partial charge >= 0.3 is 0 Å². The second kappa shape index (κ2) is 4.34. The topological polar surface area (TPSA) is 49.2 Å². The molecule has 1 aromatic rings. The number of rotatable bonds is 1. The molecule has 1 aliphatic rings. The van der Waals surface area contributed by atoms with Crippen LogP contribution in [-0.2, 0) is 4.74 Å². The number of anilines is 1. The van der Waals surface area contributed by atoms with Crippen molar-refractivity contribution in [1.82, 2.24) is 4.98 Å². The quantitative estimate of drug-likeness (QED) is 0.740. The minimum atomic E-state index is -0.120. The molecule has 4 heteroatoms. The van der Waals surface area contributed by atoms with E-state index in [9.17, 15) is 5.26 Å². The molecule has 0 unspecified atom stereocenters. The summed E-state index contributed by atoms with van der Waals surface area (Å²) in [5, 5.41) is 9.25. The van der Waals surface area contributed by atoms with E-state index in [4.69, 9.17) is 4.74 Å². The summed E-state index contributed by atoms with van der Waals surface area (Å²) in [6, 6.07) is 4.12. The number of morpholine rings is 1. The average Bonchev–Trinajstić information content (AvgIpc) is 2.28. The van der Waals surface area contributed by atoms with Crippen molar-refractivity contribution in [3.05, 3.63) is 23.4 Å². The van der Waals surface area contributed by atoms with Crippen molar-refractivity contribution >= 4 is 5.82 Å². The minimum absolute atomic E-state index is 0.120. The molecule has 0 saturated carbocycles. The molecule has 90 valence electrons. The lowest BCUT2D eigenvalue weighted by Gasteiger charge is -2.43. The summed E-state index contributed by atoms with van der Waals surface area (Å²) >= 11 is 0. The molecule has 2 heterocycles. The van der Waals surface area contributed by atoms with Crippen molar-refractivity contribution in [2.45, 2.75) is 26.3 Å². The lowest BCUT2D eigenvalue weighted by Crippen LogP contribution is -2.53. The first-order valence-electron chi connectivity index (χ1n) is 5.77. The molecule has 0 amide bonds. The molecule has 1 aliphatic heterocycles. The molecule has 0 spiro atoms. The molecule has 1 fully saturated rings. The highest BCUT2D eigenvalue weighted by atomic mass is 16.5. The van der Waals surface area contributed by atoms with Crippen LogP contribution in [-0.4, -0.2) is 30.3 Å². The van der Waals surface area contributed by atoms with Gasteiger partial charge in [-0.05, 0) is 32.4 Å². The van der Waals surface area contributed by atoms with E-state index >= 15 is 0 Å². The molecule has 0 radical (unpaired) electrons. The van der Waals surface area contributed by atoms with Gasteiger partial charge in [-0.15, -0.1) is 0 Å². The lowest BCUT2D eigenvalue weighted by atomic mass is 10.0. The van der Waals surface area contributed by atoms with Gasteiger partial charge in [-0.3, -0.25) is 0 Å². The molecule has 2 rings (SSSR count). The van der Waals surface area contributed by atoms with Crippen molar-refractivity contribution in [3.63, 3.8) is 0 Å². The van der Waals surface area contributed by atoms with E-state index in [0.717, 1.165) is 17.9 Å². The first kappa shape index (κ1) is 11.9. The van der Waals surface area contributed by atoms with Crippen LogP contribution in [0.4, 0.5) is 5.82 Å². The zero-order valence-corrected chi connectivity index (χ0v) is 10.5. The van der Waals surface area contributed by atoms with Gasteiger partial charge in [0.25, 0.3) is 0 Å². The maximum Gasteiger partial charge on any atom is 0.147 e. The zero-order valence-electron chi connectivity index (χ0n) is 10.5. The molecule has 4 nitrogen and oxygen atoms in total. The second-order valence-electron chi connectivity index (χ2n) is 4.95. The fourth-order valence-corrected chi connectivity index (χ4v) is 2.14. The summed E-state index contributed by atoms with van der Waals surface area (Å²) in [6.45, 7) is 8.28. The van der Waals surface area contributed by atoms with Crippen LogP contribution in [0.2, 0.25) is 0 Å². The number of nitriles is 1. The van der Waals surface area contributed by atoms with Gasteiger partial charge in [0.15, 0.2) is 0 Å². The standard InChI is InChI=1S/C13H17N3O/c1-10-4-5-15-12(11(10)8-14)16-6-7-17-9-13(16,2)3/h4-5H,6-7,9H2,1-3H3. The number of hydrogen-bond donors (Lipinski definition) is 0. The second-order valence-corrected chi connectivity index (χ2v) is 4.95. The molecular formula is C13H17N3O. The molecular weight excluding hydrogens is 214 g/mol. The van der Waals surface area contributed by atoms with Gasteiger partial charge in [0, 0.05) is 12.7 Å². The van der Waals surface area contributed by atoms with Crippen LogP contribution in [0.3, 0.4) is 0 Å². The predicted molar refractivity (Wildman–Crippen MR) is 65.9 cm³/mol. The number of aryl methyl sites for hydroxylation is 1. The number of nitrogens with zero attached hydrogens (tertiary/aromatic N) is 3. The molecule has 0 aliphatic carbocycles. The zero-order chi connectivity index (χ0) is 12.5. The minimum Gasteiger partial charge on any atom is -0.377 e. The number of aromatic nitrogens is 1. The molecule has 0 atom stereocenters. The predicted octanol–water partition coefficient (Wildman–Crippen LogP) is 1.88. The van der Waals surface area contributed by atoms with E-state index in [2.05, 4.69) is 29.8 Å².